The number of rotatable bonds is 8. The van der Waals surface area contributed by atoms with Crippen molar-refractivity contribution in [2.45, 2.75) is 32.2 Å². The number of hydrogen-bond acceptors (Lipinski definition) is 6. The van der Waals surface area contributed by atoms with Crippen LogP contribution in [0.5, 0.6) is 0 Å². The molecule has 19 heavy (non-hydrogen) atoms. The summed E-state index contributed by atoms with van der Waals surface area (Å²) >= 11 is 0. The quantitative estimate of drug-likeness (QED) is 0.477. The van der Waals surface area contributed by atoms with Gasteiger partial charge in [-0.2, -0.15) is 8.42 Å². The van der Waals surface area contributed by atoms with Gasteiger partial charge < -0.3 is 5.32 Å². The SMILES string of the molecule is CCCCCNC1CN(OCC(=O)N=S(=O)=O)C1=O. The van der Waals surface area contributed by atoms with Gasteiger partial charge in [-0.15, -0.1) is 0 Å². The highest BCUT2D eigenvalue weighted by atomic mass is 32.2. The van der Waals surface area contributed by atoms with Crippen molar-refractivity contribution >= 4 is 22.3 Å². The molecule has 8 nitrogen and oxygen atoms in total. The number of carbonyl (C=O) groups excluding carboxylic acids is 2. The lowest BCUT2D eigenvalue weighted by Gasteiger charge is -2.36. The number of amides is 2. The van der Waals surface area contributed by atoms with E-state index < -0.39 is 23.0 Å². The van der Waals surface area contributed by atoms with Gasteiger partial charge in [0, 0.05) is 0 Å². The molecule has 108 valence electrons. The summed E-state index contributed by atoms with van der Waals surface area (Å²) in [7, 11) is -2.79. The molecule has 0 spiro atoms. The molecule has 0 saturated carbocycles. The van der Waals surface area contributed by atoms with Crippen LogP contribution in [-0.2, 0) is 24.9 Å². The predicted molar refractivity (Wildman–Crippen MR) is 65.3 cm³/mol. The van der Waals surface area contributed by atoms with Crippen LogP contribution < -0.4 is 5.32 Å². The average Bonchev–Trinajstić information content (AvgIpc) is 2.34. The van der Waals surface area contributed by atoms with Crippen molar-refractivity contribution in [2.75, 3.05) is 19.7 Å². The van der Waals surface area contributed by atoms with Gasteiger partial charge in [-0.1, -0.05) is 24.1 Å². The van der Waals surface area contributed by atoms with Gasteiger partial charge in [0.05, 0.1) is 6.54 Å². The number of unbranched alkanes of at least 4 members (excludes halogenated alkanes) is 2. The molecule has 1 aliphatic rings. The lowest BCUT2D eigenvalue weighted by atomic mass is 10.1. The summed E-state index contributed by atoms with van der Waals surface area (Å²) < 4.78 is 22.9. The standard InChI is InChI=1S/C10H17N3O5S/c1-2-3-4-5-11-8-6-13(10(8)15)18-7-9(14)12-19(16)17/h8,11H,2-7H2,1H3. The highest BCUT2D eigenvalue weighted by molar-refractivity contribution is 7.62. The molecule has 0 aromatic carbocycles. The molecule has 0 aromatic rings. The first-order valence-corrected chi connectivity index (χ1v) is 7.09. The number of hydroxylamine groups is 2. The van der Waals surface area contributed by atoms with E-state index >= 15 is 0 Å². The van der Waals surface area contributed by atoms with Crippen LogP contribution in [0.25, 0.3) is 0 Å². The Labute approximate surface area is 112 Å². The molecule has 1 heterocycles. The number of carbonyl (C=O) groups is 2. The van der Waals surface area contributed by atoms with Crippen LogP contribution in [0.4, 0.5) is 0 Å². The Kier molecular flexibility index (Phi) is 6.60. The zero-order valence-corrected chi connectivity index (χ0v) is 11.5. The van der Waals surface area contributed by atoms with Gasteiger partial charge in [-0.25, -0.2) is 5.06 Å². The van der Waals surface area contributed by atoms with Crippen molar-refractivity contribution in [2.24, 2.45) is 4.36 Å². The molecule has 1 aliphatic heterocycles. The highest BCUT2D eigenvalue weighted by Gasteiger charge is 2.37. The van der Waals surface area contributed by atoms with Crippen LogP contribution in [0.1, 0.15) is 26.2 Å². The second kappa shape index (κ2) is 7.97. The molecule has 1 atom stereocenters. The molecule has 0 radical (unpaired) electrons. The topological polar surface area (TPSA) is 105 Å². The second-order valence-corrected chi connectivity index (χ2v) is 4.71. The van der Waals surface area contributed by atoms with Crippen LogP contribution in [0.3, 0.4) is 0 Å². The first-order valence-electron chi connectivity index (χ1n) is 6.06. The van der Waals surface area contributed by atoms with Crippen molar-refractivity contribution < 1.29 is 22.8 Å². The summed E-state index contributed by atoms with van der Waals surface area (Å²) in [6, 6.07) is -0.280. The van der Waals surface area contributed by atoms with E-state index in [1.54, 1.807) is 0 Å². The van der Waals surface area contributed by atoms with Gasteiger partial charge in [0.25, 0.3) is 11.8 Å². The van der Waals surface area contributed by atoms with Crippen molar-refractivity contribution in [1.82, 2.24) is 10.4 Å². The Morgan fingerprint density at radius 1 is 1.53 bits per heavy atom. The number of nitrogens with zero attached hydrogens (tertiary/aromatic N) is 2. The first-order chi connectivity index (χ1) is 9.04. The Hall–Kier alpha value is -1.32. The third-order valence-electron chi connectivity index (χ3n) is 2.58. The molecule has 2 amide bonds. The summed E-state index contributed by atoms with van der Waals surface area (Å²) in [6.45, 7) is 2.66. The Balaban J connectivity index is 2.18. The highest BCUT2D eigenvalue weighted by Crippen LogP contribution is 2.10. The Morgan fingerprint density at radius 3 is 2.84 bits per heavy atom. The molecule has 1 rings (SSSR count). The molecule has 1 unspecified atom stereocenters. The molecule has 1 fully saturated rings. The van der Waals surface area contributed by atoms with Crippen LogP contribution >= 0.6 is 0 Å². The average molecular weight is 291 g/mol. The fourth-order valence-corrected chi connectivity index (χ4v) is 1.78. The van der Waals surface area contributed by atoms with Crippen LogP contribution in [0, 0.1) is 0 Å². The first kappa shape index (κ1) is 15.7. The summed E-state index contributed by atoms with van der Waals surface area (Å²) in [5, 5.41) is 4.10. The van der Waals surface area contributed by atoms with Crippen molar-refractivity contribution in [3.8, 4) is 0 Å². The monoisotopic (exact) mass is 291 g/mol. The second-order valence-electron chi connectivity index (χ2n) is 4.09. The maximum Gasteiger partial charge on any atom is 0.319 e. The number of hydrogen-bond donors (Lipinski definition) is 1. The van der Waals surface area contributed by atoms with E-state index in [4.69, 9.17) is 4.84 Å². The molecule has 0 aromatic heterocycles. The van der Waals surface area contributed by atoms with Gasteiger partial charge >= 0.3 is 10.5 Å². The molecular formula is C10H17N3O5S. The van der Waals surface area contributed by atoms with E-state index in [-0.39, 0.29) is 11.9 Å². The maximum atomic E-state index is 11.5. The van der Waals surface area contributed by atoms with Gasteiger partial charge in [-0.3, -0.25) is 14.4 Å². The summed E-state index contributed by atoms with van der Waals surface area (Å²) in [4.78, 5) is 27.3. The third kappa shape index (κ3) is 5.45. The van der Waals surface area contributed by atoms with Crippen LogP contribution in [0.2, 0.25) is 0 Å². The van der Waals surface area contributed by atoms with E-state index in [1.165, 1.54) is 0 Å². The Bertz CT molecular complexity index is 454. The van der Waals surface area contributed by atoms with E-state index in [0.29, 0.717) is 6.54 Å². The smallest absolute Gasteiger partial charge is 0.304 e. The third-order valence-corrected chi connectivity index (χ3v) is 2.94. The normalized spacial score (nSPS) is 18.1. The van der Waals surface area contributed by atoms with Gasteiger partial charge in [-0.05, 0) is 13.0 Å². The van der Waals surface area contributed by atoms with Crippen molar-refractivity contribution in [3.05, 3.63) is 0 Å². The van der Waals surface area contributed by atoms with Gasteiger partial charge in [0.1, 0.15) is 6.04 Å². The minimum Gasteiger partial charge on any atom is -0.304 e. The molecular weight excluding hydrogens is 274 g/mol. The van der Waals surface area contributed by atoms with Crippen molar-refractivity contribution in [3.63, 3.8) is 0 Å². The Morgan fingerprint density at radius 2 is 2.26 bits per heavy atom. The number of nitrogens with one attached hydrogen (secondary N) is 1. The molecule has 0 aliphatic carbocycles. The van der Waals surface area contributed by atoms with Crippen molar-refractivity contribution in [1.29, 1.82) is 0 Å². The summed E-state index contributed by atoms with van der Waals surface area (Å²) in [5.74, 6) is -1.20. The lowest BCUT2D eigenvalue weighted by Crippen LogP contribution is -2.62. The minimum absolute atomic E-state index is 0.257. The van der Waals surface area contributed by atoms with Crippen LogP contribution in [0.15, 0.2) is 4.36 Å². The molecule has 1 N–H and O–H groups in total. The number of β-lactam (4-membered cyclic amide) rings is 1. The van der Waals surface area contributed by atoms with E-state index in [0.717, 1.165) is 30.9 Å². The minimum atomic E-state index is -2.79. The van der Waals surface area contributed by atoms with Gasteiger partial charge in [0.2, 0.25) is 0 Å². The predicted octanol–water partition coefficient (Wildman–Crippen LogP) is -0.502. The van der Waals surface area contributed by atoms with E-state index in [1.807, 2.05) is 0 Å². The summed E-state index contributed by atoms with van der Waals surface area (Å²) in [5.41, 5.74) is 0. The summed E-state index contributed by atoms with van der Waals surface area (Å²) in [6.07, 6.45) is 3.23. The maximum absolute atomic E-state index is 11.5. The zero-order valence-electron chi connectivity index (χ0n) is 10.7. The van der Waals surface area contributed by atoms with Crippen LogP contribution in [-0.4, -0.2) is 51.0 Å². The fraction of sp³-hybridized carbons (Fsp3) is 0.800. The lowest BCUT2D eigenvalue weighted by molar-refractivity contribution is -0.213. The zero-order chi connectivity index (χ0) is 14.3. The molecule has 9 heteroatoms. The fourth-order valence-electron chi connectivity index (χ4n) is 1.56. The largest absolute Gasteiger partial charge is 0.319 e. The molecule has 0 bridgehead atoms. The molecule has 1 saturated heterocycles. The van der Waals surface area contributed by atoms with Gasteiger partial charge in [0.15, 0.2) is 6.61 Å². The van der Waals surface area contributed by atoms with E-state index in [9.17, 15) is 18.0 Å². The van der Waals surface area contributed by atoms with E-state index in [2.05, 4.69) is 16.6 Å².